The third-order valence-corrected chi connectivity index (χ3v) is 5.48. The Bertz CT molecular complexity index is 691. The number of hydrogen-bond donors (Lipinski definition) is 0. The van der Waals surface area contributed by atoms with E-state index in [1.807, 2.05) is 17.5 Å². The molecule has 3 heterocycles. The van der Waals surface area contributed by atoms with Gasteiger partial charge >= 0.3 is 0 Å². The Morgan fingerprint density at radius 2 is 2.35 bits per heavy atom. The summed E-state index contributed by atoms with van der Waals surface area (Å²) in [4.78, 5) is 5.34. The van der Waals surface area contributed by atoms with E-state index in [4.69, 9.17) is 9.15 Å². The summed E-state index contributed by atoms with van der Waals surface area (Å²) in [6.45, 7) is 2.79. The van der Waals surface area contributed by atoms with Crippen LogP contribution in [-0.2, 0) is 21.3 Å². The van der Waals surface area contributed by atoms with Gasteiger partial charge in [-0.25, -0.2) is 13.4 Å². The smallest absolute Gasteiger partial charge is 0.238 e. The van der Waals surface area contributed by atoms with Crippen LogP contribution in [0.2, 0.25) is 0 Å². The molecule has 1 aliphatic rings. The second kappa shape index (κ2) is 5.28. The molecule has 0 spiro atoms. The fraction of sp³-hybridized carbons (Fsp3) is 0.417. The molecule has 0 bridgehead atoms. The summed E-state index contributed by atoms with van der Waals surface area (Å²) in [5.41, 5.74) is 0.652. The quantitative estimate of drug-likeness (QED) is 0.864. The highest BCUT2D eigenvalue weighted by atomic mass is 32.2. The first-order chi connectivity index (χ1) is 9.56. The molecule has 2 aromatic rings. The van der Waals surface area contributed by atoms with Crippen LogP contribution in [0.15, 0.2) is 21.9 Å². The summed E-state index contributed by atoms with van der Waals surface area (Å²) in [6.07, 6.45) is 0. The highest BCUT2D eigenvalue weighted by Gasteiger charge is 2.28. The van der Waals surface area contributed by atoms with Gasteiger partial charge in [-0.15, -0.1) is 11.3 Å². The first-order valence-corrected chi connectivity index (χ1v) is 8.61. The average molecular weight is 314 g/mol. The largest absolute Gasteiger partial charge is 0.440 e. The Morgan fingerprint density at radius 1 is 1.50 bits per heavy atom. The topological polar surface area (TPSA) is 72.6 Å². The number of oxazole rings is 1. The van der Waals surface area contributed by atoms with E-state index in [-0.39, 0.29) is 12.5 Å². The van der Waals surface area contributed by atoms with Crippen LogP contribution < -0.4 is 0 Å². The molecule has 6 nitrogen and oxygen atoms in total. The van der Waals surface area contributed by atoms with Crippen molar-refractivity contribution in [2.45, 2.75) is 13.5 Å². The Labute approximate surface area is 121 Å². The number of hydrogen-bond acceptors (Lipinski definition) is 6. The van der Waals surface area contributed by atoms with Crippen LogP contribution in [0.1, 0.15) is 11.5 Å². The summed E-state index contributed by atoms with van der Waals surface area (Å²) < 4.78 is 35.7. The number of rotatable bonds is 3. The van der Waals surface area contributed by atoms with Gasteiger partial charge in [0.05, 0.1) is 23.7 Å². The molecule has 2 aromatic heterocycles. The lowest BCUT2D eigenvalue weighted by molar-refractivity contribution is 0.130. The van der Waals surface area contributed by atoms with Crippen molar-refractivity contribution in [1.82, 2.24) is 9.29 Å². The molecule has 0 saturated carbocycles. The average Bonchev–Trinajstić information content (AvgIpc) is 3.02. The van der Waals surface area contributed by atoms with Crippen LogP contribution in [0, 0.1) is 6.92 Å². The molecular formula is C12H14N2O4S2. The molecule has 1 fully saturated rings. The molecule has 1 aliphatic heterocycles. The van der Waals surface area contributed by atoms with Gasteiger partial charge in [0.2, 0.25) is 15.9 Å². The zero-order valence-corrected chi connectivity index (χ0v) is 12.5. The van der Waals surface area contributed by atoms with Gasteiger partial charge in [-0.05, 0) is 18.4 Å². The first-order valence-electron chi connectivity index (χ1n) is 6.12. The van der Waals surface area contributed by atoms with E-state index >= 15 is 0 Å². The van der Waals surface area contributed by atoms with Gasteiger partial charge in [0.15, 0.2) is 5.94 Å². The maximum absolute atomic E-state index is 11.9. The maximum atomic E-state index is 11.9. The molecule has 0 aromatic carbocycles. The molecule has 3 rings (SSSR count). The van der Waals surface area contributed by atoms with Gasteiger partial charge < -0.3 is 9.15 Å². The zero-order valence-electron chi connectivity index (χ0n) is 10.9. The predicted molar refractivity (Wildman–Crippen MR) is 74.7 cm³/mol. The van der Waals surface area contributed by atoms with Crippen molar-refractivity contribution in [3.8, 4) is 10.8 Å². The second-order valence-electron chi connectivity index (χ2n) is 4.47. The van der Waals surface area contributed by atoms with Gasteiger partial charge in [0.1, 0.15) is 5.76 Å². The van der Waals surface area contributed by atoms with Crippen LogP contribution >= 0.6 is 11.3 Å². The lowest BCUT2D eigenvalue weighted by Crippen LogP contribution is -2.40. The minimum absolute atomic E-state index is 0.229. The van der Waals surface area contributed by atoms with Crippen molar-refractivity contribution in [1.29, 1.82) is 0 Å². The SMILES string of the molecule is Cc1oc(-c2cccs2)nc1CN1CCOCS1(=O)=O. The first kappa shape index (κ1) is 13.7. The molecule has 20 heavy (non-hydrogen) atoms. The summed E-state index contributed by atoms with van der Waals surface area (Å²) in [5, 5.41) is 1.95. The molecule has 0 radical (unpaired) electrons. The number of ether oxygens (including phenoxy) is 1. The van der Waals surface area contributed by atoms with Crippen LogP contribution in [0.5, 0.6) is 0 Å². The molecule has 8 heteroatoms. The van der Waals surface area contributed by atoms with E-state index < -0.39 is 10.0 Å². The van der Waals surface area contributed by atoms with Crippen molar-refractivity contribution in [2.75, 3.05) is 19.1 Å². The lowest BCUT2D eigenvalue weighted by atomic mass is 10.3. The third kappa shape index (κ3) is 2.64. The van der Waals surface area contributed by atoms with Crippen LogP contribution in [0.3, 0.4) is 0 Å². The number of sulfonamides is 1. The van der Waals surface area contributed by atoms with Crippen molar-refractivity contribution < 1.29 is 17.6 Å². The monoisotopic (exact) mass is 314 g/mol. The third-order valence-electron chi connectivity index (χ3n) is 3.06. The normalized spacial score (nSPS) is 19.2. The van der Waals surface area contributed by atoms with E-state index in [1.165, 1.54) is 15.6 Å². The molecule has 0 amide bonds. The Balaban J connectivity index is 1.84. The number of aromatic nitrogens is 1. The van der Waals surface area contributed by atoms with Crippen LogP contribution in [0.4, 0.5) is 0 Å². The predicted octanol–water partition coefficient (Wildman–Crippen LogP) is 1.83. The van der Waals surface area contributed by atoms with Gasteiger partial charge in [-0.1, -0.05) is 6.07 Å². The van der Waals surface area contributed by atoms with Gasteiger partial charge in [0.25, 0.3) is 0 Å². The van der Waals surface area contributed by atoms with Crippen molar-refractivity contribution in [3.05, 3.63) is 29.0 Å². The number of thiophene rings is 1. The lowest BCUT2D eigenvalue weighted by Gasteiger charge is -2.25. The summed E-state index contributed by atoms with van der Waals surface area (Å²) >= 11 is 1.54. The van der Waals surface area contributed by atoms with Gasteiger partial charge in [0, 0.05) is 6.54 Å². The van der Waals surface area contributed by atoms with E-state index in [0.29, 0.717) is 30.5 Å². The summed E-state index contributed by atoms with van der Waals surface area (Å²) in [7, 11) is -3.35. The summed E-state index contributed by atoms with van der Waals surface area (Å²) in [6, 6.07) is 3.84. The standard InChI is InChI=1S/C12H14N2O4S2/c1-9-10(7-14-4-5-17-8-20(14,15)16)13-12(18-9)11-3-2-6-19-11/h2-3,6H,4-5,7-8H2,1H3. The van der Waals surface area contributed by atoms with E-state index in [1.54, 1.807) is 6.92 Å². The molecule has 0 N–H and O–H groups in total. The van der Waals surface area contributed by atoms with Gasteiger partial charge in [-0.2, -0.15) is 4.31 Å². The second-order valence-corrected chi connectivity index (χ2v) is 7.33. The zero-order chi connectivity index (χ0) is 14.2. The van der Waals surface area contributed by atoms with E-state index in [0.717, 1.165) is 4.88 Å². The molecular weight excluding hydrogens is 300 g/mol. The Hall–Kier alpha value is -1.22. The highest BCUT2D eigenvalue weighted by Crippen LogP contribution is 2.27. The fourth-order valence-corrected chi connectivity index (χ4v) is 3.77. The summed E-state index contributed by atoms with van der Waals surface area (Å²) in [5.74, 6) is 0.926. The maximum Gasteiger partial charge on any atom is 0.238 e. The molecule has 0 aliphatic carbocycles. The molecule has 0 atom stereocenters. The Kier molecular flexibility index (Phi) is 3.63. The van der Waals surface area contributed by atoms with Crippen molar-refractivity contribution in [2.24, 2.45) is 0 Å². The highest BCUT2D eigenvalue weighted by molar-refractivity contribution is 7.88. The van der Waals surface area contributed by atoms with Crippen molar-refractivity contribution >= 4 is 21.4 Å². The number of nitrogens with zero attached hydrogens (tertiary/aromatic N) is 2. The molecule has 1 saturated heterocycles. The fourth-order valence-electron chi connectivity index (χ4n) is 1.97. The molecule has 0 unspecified atom stereocenters. The minimum Gasteiger partial charge on any atom is -0.440 e. The number of aryl methyl sites for hydroxylation is 1. The Morgan fingerprint density at radius 3 is 3.05 bits per heavy atom. The minimum atomic E-state index is -3.35. The van der Waals surface area contributed by atoms with Crippen LogP contribution in [0.25, 0.3) is 10.8 Å². The van der Waals surface area contributed by atoms with Crippen molar-refractivity contribution in [3.63, 3.8) is 0 Å². The molecule has 108 valence electrons. The van der Waals surface area contributed by atoms with Gasteiger partial charge in [-0.3, -0.25) is 0 Å². The van der Waals surface area contributed by atoms with E-state index in [9.17, 15) is 8.42 Å². The van der Waals surface area contributed by atoms with Crippen LogP contribution in [-0.4, -0.2) is 36.8 Å². The van der Waals surface area contributed by atoms with E-state index in [2.05, 4.69) is 4.98 Å².